The van der Waals surface area contributed by atoms with Crippen molar-refractivity contribution in [2.45, 2.75) is 58.5 Å². The Morgan fingerprint density at radius 1 is 0.941 bits per heavy atom. The van der Waals surface area contributed by atoms with Gasteiger partial charge >= 0.3 is 25.7 Å². The monoisotopic (exact) mass is 294 g/mol. The van der Waals surface area contributed by atoms with Crippen molar-refractivity contribution in [2.24, 2.45) is 0 Å². The molecule has 4 nitrogen and oxygen atoms in total. The van der Waals surface area contributed by atoms with Crippen LogP contribution in [0.15, 0.2) is 0 Å². The van der Waals surface area contributed by atoms with Crippen molar-refractivity contribution in [1.82, 2.24) is 0 Å². The molecule has 17 heavy (non-hydrogen) atoms. The smallest absolute Gasteiger partial charge is 0.324 e. The molecule has 0 N–H and O–H groups in total. The third kappa shape index (κ3) is 4.27. The second-order valence-corrected chi connectivity index (χ2v) is 16.6. The van der Waals surface area contributed by atoms with Crippen LogP contribution < -0.4 is 0 Å². The van der Waals surface area contributed by atoms with Crippen molar-refractivity contribution in [3.8, 4) is 0 Å². The summed E-state index contributed by atoms with van der Waals surface area (Å²) >= 11 is 0. The minimum absolute atomic E-state index is 0.309. The number of hydrogen-bond acceptors (Lipinski definition) is 4. The van der Waals surface area contributed by atoms with Crippen molar-refractivity contribution in [3.05, 3.63) is 0 Å². The molecule has 0 aliphatic carbocycles. The molecule has 1 fully saturated rings. The fourth-order valence-electron chi connectivity index (χ4n) is 1.94. The highest BCUT2D eigenvalue weighted by atomic mass is 28.5. The van der Waals surface area contributed by atoms with Crippen molar-refractivity contribution in [1.29, 1.82) is 0 Å². The molecule has 0 bridgehead atoms. The lowest BCUT2D eigenvalue weighted by Crippen LogP contribution is -2.60. The summed E-state index contributed by atoms with van der Waals surface area (Å²) in [7, 11) is -6.45. The van der Waals surface area contributed by atoms with Gasteiger partial charge in [-0.1, -0.05) is 20.3 Å². The van der Waals surface area contributed by atoms with Gasteiger partial charge in [-0.25, -0.2) is 0 Å². The molecule has 7 heteroatoms. The maximum Gasteiger partial charge on any atom is 0.324 e. The molecule has 1 saturated heterocycles. The Morgan fingerprint density at radius 2 is 1.35 bits per heavy atom. The van der Waals surface area contributed by atoms with E-state index in [0.717, 1.165) is 6.42 Å². The lowest BCUT2D eigenvalue weighted by Gasteiger charge is -2.44. The molecular weight excluding hydrogens is 268 g/mol. The summed E-state index contributed by atoms with van der Waals surface area (Å²) in [4.78, 5) is 0. The van der Waals surface area contributed by atoms with E-state index in [9.17, 15) is 0 Å². The highest BCUT2D eigenvalue weighted by molar-refractivity contribution is 6.86. The van der Waals surface area contributed by atoms with Crippen LogP contribution in [0.3, 0.4) is 0 Å². The zero-order chi connectivity index (χ0) is 13.3. The summed E-state index contributed by atoms with van der Waals surface area (Å²) in [6.07, 6.45) is 1.07. The van der Waals surface area contributed by atoms with Gasteiger partial charge in [-0.05, 0) is 38.3 Å². The molecule has 0 spiro atoms. The number of rotatable bonds is 2. The molecule has 102 valence electrons. The van der Waals surface area contributed by atoms with Gasteiger partial charge in [0.05, 0.1) is 0 Å². The molecule has 0 aromatic carbocycles. The van der Waals surface area contributed by atoms with E-state index < -0.39 is 25.7 Å². The lowest BCUT2D eigenvalue weighted by molar-refractivity contribution is 0.0481. The molecule has 0 radical (unpaired) electrons. The van der Waals surface area contributed by atoms with Crippen LogP contribution in [0.5, 0.6) is 0 Å². The van der Waals surface area contributed by atoms with E-state index in [1.165, 1.54) is 0 Å². The van der Waals surface area contributed by atoms with Crippen LogP contribution in [0, 0.1) is 0 Å². The summed E-state index contributed by atoms with van der Waals surface area (Å²) in [5, 5.41) is 0. The van der Waals surface area contributed by atoms with E-state index in [2.05, 4.69) is 46.6 Å². The van der Waals surface area contributed by atoms with E-state index in [1.54, 1.807) is 0 Å². The van der Waals surface area contributed by atoms with Gasteiger partial charge in [0, 0.05) is 0 Å². The fraction of sp³-hybridized carbons (Fsp3) is 1.00. The molecule has 1 rings (SSSR count). The minimum atomic E-state index is -2.22. The molecule has 0 aromatic heterocycles. The second-order valence-electron chi connectivity index (χ2n) is 5.74. The first-order chi connectivity index (χ1) is 7.60. The van der Waals surface area contributed by atoms with Crippen LogP contribution in [0.2, 0.25) is 38.3 Å². The molecule has 1 atom stereocenters. The molecule has 0 aromatic rings. The van der Waals surface area contributed by atoms with E-state index in [0.29, 0.717) is 12.3 Å². The Hall–Kier alpha value is 0.491. The maximum atomic E-state index is 6.34. The van der Waals surface area contributed by atoms with Gasteiger partial charge in [0.1, 0.15) is 6.79 Å². The molecule has 1 aliphatic heterocycles. The average Bonchev–Trinajstić information content (AvgIpc) is 2.11. The zero-order valence-corrected chi connectivity index (χ0v) is 15.1. The lowest BCUT2D eigenvalue weighted by atomic mass is 10.4. The maximum absolute atomic E-state index is 6.34. The standard InChI is InChI=1S/C10H26O4Si3/c1-8-10(2)17(7)13-15(3,4)11-9-12-16(5,6)14-17/h10H,8-9H2,1-7H3. The largest absolute Gasteiger partial charge is 0.415 e. The van der Waals surface area contributed by atoms with E-state index in [1.807, 2.05) is 0 Å². The van der Waals surface area contributed by atoms with Gasteiger partial charge < -0.3 is 17.1 Å². The van der Waals surface area contributed by atoms with Crippen LogP contribution in [0.1, 0.15) is 20.3 Å². The Labute approximate surface area is 108 Å². The van der Waals surface area contributed by atoms with Crippen LogP contribution in [0.25, 0.3) is 0 Å². The van der Waals surface area contributed by atoms with Gasteiger partial charge in [0.15, 0.2) is 0 Å². The SMILES string of the molecule is CCC(C)[Si]1(C)O[Si](C)(C)OCO[Si](C)(C)O1. The number of hydrogen-bond donors (Lipinski definition) is 0. The fourth-order valence-corrected chi connectivity index (χ4v) is 13.9. The summed E-state index contributed by atoms with van der Waals surface area (Å²) in [5.74, 6) is 0. The van der Waals surface area contributed by atoms with Gasteiger partial charge in [0.25, 0.3) is 0 Å². The first kappa shape index (κ1) is 15.5. The highest BCUT2D eigenvalue weighted by Gasteiger charge is 2.49. The average molecular weight is 295 g/mol. The van der Waals surface area contributed by atoms with Gasteiger partial charge in [0.2, 0.25) is 0 Å². The van der Waals surface area contributed by atoms with Crippen LogP contribution in [-0.4, -0.2) is 32.5 Å². The first-order valence-electron chi connectivity index (χ1n) is 6.28. The molecule has 1 heterocycles. The molecular formula is C10H26O4Si3. The van der Waals surface area contributed by atoms with E-state index in [-0.39, 0.29) is 0 Å². The highest BCUT2D eigenvalue weighted by Crippen LogP contribution is 2.34. The van der Waals surface area contributed by atoms with Gasteiger partial charge in [-0.15, -0.1) is 0 Å². The van der Waals surface area contributed by atoms with Gasteiger partial charge in [-0.2, -0.15) is 0 Å². The topological polar surface area (TPSA) is 36.9 Å². The Bertz CT molecular complexity index is 252. The van der Waals surface area contributed by atoms with Crippen molar-refractivity contribution in [3.63, 3.8) is 0 Å². The van der Waals surface area contributed by atoms with Gasteiger partial charge in [-0.3, -0.25) is 0 Å². The molecule has 1 unspecified atom stereocenters. The quantitative estimate of drug-likeness (QED) is 0.732. The molecule has 0 saturated carbocycles. The van der Waals surface area contributed by atoms with E-state index in [4.69, 9.17) is 17.1 Å². The van der Waals surface area contributed by atoms with Crippen molar-refractivity contribution < 1.29 is 17.1 Å². The summed E-state index contributed by atoms with van der Waals surface area (Å²) in [6.45, 7) is 15.1. The molecule has 0 amide bonds. The predicted molar refractivity (Wildman–Crippen MR) is 75.5 cm³/mol. The van der Waals surface area contributed by atoms with Crippen LogP contribution in [0.4, 0.5) is 0 Å². The summed E-state index contributed by atoms with van der Waals surface area (Å²) in [5.41, 5.74) is 0.450. The zero-order valence-electron chi connectivity index (χ0n) is 12.1. The minimum Gasteiger partial charge on any atom is -0.415 e. The first-order valence-corrected chi connectivity index (χ1v) is 14.3. The predicted octanol–water partition coefficient (Wildman–Crippen LogP) is 3.30. The normalized spacial score (nSPS) is 29.1. The van der Waals surface area contributed by atoms with Crippen molar-refractivity contribution >= 4 is 25.7 Å². The Kier molecular flexibility index (Phi) is 4.79. The summed E-state index contributed by atoms with van der Waals surface area (Å²) in [6, 6.07) is 0. The Morgan fingerprint density at radius 3 is 1.71 bits per heavy atom. The molecule has 1 aliphatic rings. The van der Waals surface area contributed by atoms with E-state index >= 15 is 0 Å². The third-order valence-electron chi connectivity index (χ3n) is 3.22. The van der Waals surface area contributed by atoms with Crippen LogP contribution >= 0.6 is 0 Å². The van der Waals surface area contributed by atoms with Crippen LogP contribution in [-0.2, 0) is 17.1 Å². The van der Waals surface area contributed by atoms with Crippen molar-refractivity contribution in [2.75, 3.05) is 6.79 Å². The third-order valence-corrected chi connectivity index (χ3v) is 14.2. The summed E-state index contributed by atoms with van der Waals surface area (Å²) < 4.78 is 24.2. The second kappa shape index (κ2) is 5.24. The Balaban J connectivity index is 2.95.